The van der Waals surface area contributed by atoms with Gasteiger partial charge >= 0.3 is 5.97 Å². The van der Waals surface area contributed by atoms with E-state index in [1.807, 2.05) is 30.3 Å². The summed E-state index contributed by atoms with van der Waals surface area (Å²) in [6.07, 6.45) is 2.69. The molecule has 1 unspecified atom stereocenters. The standard InChI is InChI=1S/C21H17N3O3S/c1-14(21-23-20(24-27-21)17-7-4-10-22-12-17)26-19(25)13-28-18-9-8-15-5-2-3-6-16(15)11-18/h2-12,14H,13H2,1H3. The van der Waals surface area contributed by atoms with E-state index < -0.39 is 6.10 Å². The summed E-state index contributed by atoms with van der Waals surface area (Å²) in [5.74, 6) is 0.526. The summed E-state index contributed by atoms with van der Waals surface area (Å²) < 4.78 is 10.6. The van der Waals surface area contributed by atoms with Crippen molar-refractivity contribution in [1.82, 2.24) is 15.1 Å². The van der Waals surface area contributed by atoms with Crippen molar-refractivity contribution in [3.63, 3.8) is 0 Å². The molecule has 0 spiro atoms. The van der Waals surface area contributed by atoms with Crippen molar-refractivity contribution >= 4 is 28.5 Å². The fraction of sp³-hybridized carbons (Fsp3) is 0.143. The van der Waals surface area contributed by atoms with Gasteiger partial charge in [0.1, 0.15) is 0 Å². The lowest BCUT2D eigenvalue weighted by Gasteiger charge is -2.09. The maximum atomic E-state index is 12.2. The molecular formula is C21H17N3O3S. The van der Waals surface area contributed by atoms with Crippen molar-refractivity contribution in [1.29, 1.82) is 0 Å². The lowest BCUT2D eigenvalue weighted by Crippen LogP contribution is -2.11. The third-order valence-electron chi connectivity index (χ3n) is 4.10. The fourth-order valence-corrected chi connectivity index (χ4v) is 3.42. The number of thioether (sulfide) groups is 1. The number of carbonyl (C=O) groups excluding carboxylic acids is 1. The van der Waals surface area contributed by atoms with Crippen LogP contribution in [0.15, 0.2) is 76.4 Å². The van der Waals surface area contributed by atoms with Gasteiger partial charge in [-0.05, 0) is 42.0 Å². The molecule has 140 valence electrons. The topological polar surface area (TPSA) is 78.1 Å². The van der Waals surface area contributed by atoms with Crippen LogP contribution in [-0.2, 0) is 9.53 Å². The van der Waals surface area contributed by atoms with E-state index in [0.29, 0.717) is 5.82 Å². The first kappa shape index (κ1) is 18.2. The number of hydrogen-bond donors (Lipinski definition) is 0. The van der Waals surface area contributed by atoms with Crippen molar-refractivity contribution < 1.29 is 14.1 Å². The molecule has 0 saturated heterocycles. The first-order valence-electron chi connectivity index (χ1n) is 8.74. The quantitative estimate of drug-likeness (QED) is 0.349. The minimum absolute atomic E-state index is 0.201. The molecule has 0 amide bonds. The maximum Gasteiger partial charge on any atom is 0.317 e. The summed E-state index contributed by atoms with van der Waals surface area (Å²) in [5.41, 5.74) is 0.739. The van der Waals surface area contributed by atoms with Gasteiger partial charge in [0.2, 0.25) is 5.82 Å². The number of rotatable bonds is 6. The van der Waals surface area contributed by atoms with Gasteiger partial charge < -0.3 is 9.26 Å². The van der Waals surface area contributed by atoms with E-state index >= 15 is 0 Å². The molecular weight excluding hydrogens is 374 g/mol. The molecule has 2 aromatic heterocycles. The number of carbonyl (C=O) groups is 1. The molecule has 0 aliphatic rings. The predicted octanol–water partition coefficient (Wildman–Crippen LogP) is 4.68. The van der Waals surface area contributed by atoms with Crippen LogP contribution in [0.1, 0.15) is 18.9 Å². The zero-order valence-corrected chi connectivity index (χ0v) is 15.9. The monoisotopic (exact) mass is 391 g/mol. The normalized spacial score (nSPS) is 12.0. The van der Waals surface area contributed by atoms with Crippen LogP contribution in [-0.4, -0.2) is 26.8 Å². The van der Waals surface area contributed by atoms with Crippen LogP contribution in [0.5, 0.6) is 0 Å². The van der Waals surface area contributed by atoms with Gasteiger partial charge in [0.05, 0.1) is 5.75 Å². The largest absolute Gasteiger partial charge is 0.452 e. The lowest BCUT2D eigenvalue weighted by atomic mass is 10.1. The van der Waals surface area contributed by atoms with Gasteiger partial charge in [-0.3, -0.25) is 9.78 Å². The number of pyridine rings is 1. The number of hydrogen-bond acceptors (Lipinski definition) is 7. The molecule has 0 N–H and O–H groups in total. The van der Waals surface area contributed by atoms with Crippen LogP contribution >= 0.6 is 11.8 Å². The Bertz CT molecular complexity index is 1100. The Balaban J connectivity index is 1.35. The van der Waals surface area contributed by atoms with Gasteiger partial charge in [-0.2, -0.15) is 4.98 Å². The Morgan fingerprint density at radius 3 is 2.82 bits per heavy atom. The van der Waals surface area contributed by atoms with Gasteiger partial charge in [-0.25, -0.2) is 0 Å². The van der Waals surface area contributed by atoms with Gasteiger partial charge in [0.25, 0.3) is 5.89 Å². The number of esters is 1. The first-order valence-corrected chi connectivity index (χ1v) is 9.73. The van der Waals surface area contributed by atoms with Crippen LogP contribution < -0.4 is 0 Å². The molecule has 0 bridgehead atoms. The zero-order chi connectivity index (χ0) is 19.3. The van der Waals surface area contributed by atoms with Crippen LogP contribution in [0.4, 0.5) is 0 Å². The SMILES string of the molecule is CC(OC(=O)CSc1ccc2ccccc2c1)c1nc(-c2cccnc2)no1. The van der Waals surface area contributed by atoms with Crippen LogP contribution in [0, 0.1) is 0 Å². The summed E-state index contributed by atoms with van der Waals surface area (Å²) in [6.45, 7) is 1.71. The molecule has 4 aromatic rings. The van der Waals surface area contributed by atoms with E-state index in [1.54, 1.807) is 25.4 Å². The highest BCUT2D eigenvalue weighted by Gasteiger charge is 2.19. The molecule has 4 rings (SSSR count). The number of nitrogens with zero attached hydrogens (tertiary/aromatic N) is 3. The molecule has 0 aliphatic heterocycles. The molecule has 1 atom stereocenters. The second kappa shape index (κ2) is 8.22. The first-order chi connectivity index (χ1) is 13.7. The number of benzene rings is 2. The Kier molecular flexibility index (Phi) is 5.34. The van der Waals surface area contributed by atoms with Crippen LogP contribution in [0.25, 0.3) is 22.2 Å². The Morgan fingerprint density at radius 1 is 1.14 bits per heavy atom. The van der Waals surface area contributed by atoms with E-state index in [1.165, 1.54) is 17.1 Å². The van der Waals surface area contributed by atoms with E-state index in [2.05, 4.69) is 33.3 Å². The zero-order valence-electron chi connectivity index (χ0n) is 15.1. The van der Waals surface area contributed by atoms with Gasteiger partial charge in [0.15, 0.2) is 6.10 Å². The van der Waals surface area contributed by atoms with E-state index in [9.17, 15) is 4.79 Å². The Hall–Kier alpha value is -3.19. The van der Waals surface area contributed by atoms with E-state index in [0.717, 1.165) is 15.8 Å². The van der Waals surface area contributed by atoms with Crippen molar-refractivity contribution in [2.75, 3.05) is 5.75 Å². The number of aromatic nitrogens is 3. The van der Waals surface area contributed by atoms with Crippen molar-refractivity contribution in [2.24, 2.45) is 0 Å². The molecule has 7 heteroatoms. The average molecular weight is 391 g/mol. The summed E-state index contributed by atoms with van der Waals surface area (Å²) in [4.78, 5) is 21.5. The predicted molar refractivity (Wildman–Crippen MR) is 107 cm³/mol. The summed E-state index contributed by atoms with van der Waals surface area (Å²) in [5, 5.41) is 6.23. The number of ether oxygens (including phenoxy) is 1. The maximum absolute atomic E-state index is 12.2. The third-order valence-corrected chi connectivity index (χ3v) is 5.06. The van der Waals surface area contributed by atoms with Gasteiger partial charge in [-0.1, -0.05) is 35.5 Å². The van der Waals surface area contributed by atoms with Crippen LogP contribution in [0.2, 0.25) is 0 Å². The molecule has 6 nitrogen and oxygen atoms in total. The van der Waals surface area contributed by atoms with Crippen molar-refractivity contribution in [3.8, 4) is 11.4 Å². The molecule has 2 aromatic carbocycles. The lowest BCUT2D eigenvalue weighted by molar-refractivity contribution is -0.146. The highest BCUT2D eigenvalue weighted by atomic mass is 32.2. The highest BCUT2D eigenvalue weighted by molar-refractivity contribution is 8.00. The number of fused-ring (bicyclic) bond motifs is 1. The molecule has 2 heterocycles. The highest BCUT2D eigenvalue weighted by Crippen LogP contribution is 2.25. The molecule has 0 aliphatic carbocycles. The molecule has 0 radical (unpaired) electrons. The molecule has 28 heavy (non-hydrogen) atoms. The fourth-order valence-electron chi connectivity index (χ4n) is 2.69. The Morgan fingerprint density at radius 2 is 2.00 bits per heavy atom. The minimum Gasteiger partial charge on any atom is -0.452 e. The van der Waals surface area contributed by atoms with Gasteiger partial charge in [0, 0.05) is 22.9 Å². The van der Waals surface area contributed by atoms with E-state index in [4.69, 9.17) is 9.26 Å². The third kappa shape index (κ3) is 4.20. The Labute approximate surface area is 165 Å². The van der Waals surface area contributed by atoms with Crippen molar-refractivity contribution in [2.45, 2.75) is 17.9 Å². The smallest absolute Gasteiger partial charge is 0.317 e. The van der Waals surface area contributed by atoms with Crippen molar-refractivity contribution in [3.05, 3.63) is 72.9 Å². The minimum atomic E-state index is -0.623. The summed E-state index contributed by atoms with van der Waals surface area (Å²) >= 11 is 1.43. The average Bonchev–Trinajstić information content (AvgIpc) is 3.23. The van der Waals surface area contributed by atoms with E-state index in [-0.39, 0.29) is 17.6 Å². The van der Waals surface area contributed by atoms with Crippen LogP contribution in [0.3, 0.4) is 0 Å². The summed E-state index contributed by atoms with van der Waals surface area (Å²) in [7, 11) is 0. The van der Waals surface area contributed by atoms with Gasteiger partial charge in [-0.15, -0.1) is 11.8 Å². The second-order valence-electron chi connectivity index (χ2n) is 6.13. The molecule has 0 fully saturated rings. The molecule has 0 saturated carbocycles. The summed E-state index contributed by atoms with van der Waals surface area (Å²) in [6, 6.07) is 17.8. The second-order valence-corrected chi connectivity index (χ2v) is 7.18.